The Morgan fingerprint density at radius 2 is 1.74 bits per heavy atom. The van der Waals surface area contributed by atoms with Gasteiger partial charge in [0.05, 0.1) is 12.2 Å². The number of carbonyl (C=O) groups excluding carboxylic acids is 2. The van der Waals surface area contributed by atoms with Crippen molar-refractivity contribution in [3.63, 3.8) is 0 Å². The molecular weight excluding hydrogens is 360 g/mol. The van der Waals surface area contributed by atoms with Gasteiger partial charge >= 0.3 is 5.97 Å². The summed E-state index contributed by atoms with van der Waals surface area (Å²) in [6, 6.07) is 14.5. The highest BCUT2D eigenvalue weighted by molar-refractivity contribution is 7.80. The number of amides is 1. The Balaban J connectivity index is 1.84. The van der Waals surface area contributed by atoms with Gasteiger partial charge in [0.1, 0.15) is 0 Å². The molecule has 0 bridgehead atoms. The summed E-state index contributed by atoms with van der Waals surface area (Å²) in [6.45, 7) is 4.33. The molecule has 0 radical (unpaired) electrons. The number of benzene rings is 2. The molecule has 140 valence electrons. The molecule has 5 nitrogen and oxygen atoms in total. The first kappa shape index (κ1) is 20.3. The number of esters is 1. The highest BCUT2D eigenvalue weighted by Crippen LogP contribution is 2.11. The standard InChI is InChI=1S/C21H22N2O3S/c1-3-14-26-20(25)17-9-11-18(12-10-17)22-21(27)23-19(24)13-8-16-6-4-15(2)5-7-16/h4-13H,3,14H2,1-2H3,(H2,22,23,24,27)/b13-8+. The Bertz CT molecular complexity index is 828. The fourth-order valence-electron chi connectivity index (χ4n) is 2.13. The molecule has 2 rings (SSSR count). The van der Waals surface area contributed by atoms with Crippen LogP contribution in [-0.4, -0.2) is 23.6 Å². The number of thiocarbonyl (C=S) groups is 1. The monoisotopic (exact) mass is 382 g/mol. The van der Waals surface area contributed by atoms with Crippen LogP contribution in [0, 0.1) is 6.92 Å². The van der Waals surface area contributed by atoms with E-state index in [0.29, 0.717) is 17.9 Å². The first-order valence-corrected chi connectivity index (χ1v) is 9.02. The van der Waals surface area contributed by atoms with Crippen molar-refractivity contribution in [3.8, 4) is 0 Å². The van der Waals surface area contributed by atoms with Gasteiger partial charge in [-0.2, -0.15) is 0 Å². The van der Waals surface area contributed by atoms with Crippen molar-refractivity contribution in [1.29, 1.82) is 0 Å². The van der Waals surface area contributed by atoms with Crippen LogP contribution in [0.2, 0.25) is 0 Å². The second-order valence-electron chi connectivity index (χ2n) is 5.90. The third-order valence-electron chi connectivity index (χ3n) is 3.56. The van der Waals surface area contributed by atoms with Crippen LogP contribution >= 0.6 is 12.2 Å². The zero-order valence-corrected chi connectivity index (χ0v) is 16.1. The molecule has 0 saturated carbocycles. The van der Waals surface area contributed by atoms with Gasteiger partial charge in [-0.05, 0) is 61.5 Å². The van der Waals surface area contributed by atoms with E-state index in [1.54, 1.807) is 30.3 Å². The highest BCUT2D eigenvalue weighted by atomic mass is 32.1. The predicted molar refractivity (Wildman–Crippen MR) is 112 cm³/mol. The van der Waals surface area contributed by atoms with Crippen LogP contribution in [0.25, 0.3) is 6.08 Å². The van der Waals surface area contributed by atoms with Crippen LogP contribution in [-0.2, 0) is 9.53 Å². The Kier molecular flexibility index (Phi) is 7.70. The van der Waals surface area contributed by atoms with Gasteiger partial charge in [0.15, 0.2) is 5.11 Å². The number of rotatable bonds is 6. The SMILES string of the molecule is CCCOC(=O)c1ccc(NC(=S)NC(=O)/C=C/c2ccc(C)cc2)cc1. The number of hydrogen-bond acceptors (Lipinski definition) is 4. The second-order valence-corrected chi connectivity index (χ2v) is 6.31. The van der Waals surface area contributed by atoms with Crippen molar-refractivity contribution in [1.82, 2.24) is 5.32 Å². The lowest BCUT2D eigenvalue weighted by Crippen LogP contribution is -2.32. The van der Waals surface area contributed by atoms with Crippen molar-refractivity contribution in [3.05, 3.63) is 71.3 Å². The van der Waals surface area contributed by atoms with E-state index in [-0.39, 0.29) is 17.0 Å². The number of hydrogen-bond donors (Lipinski definition) is 2. The summed E-state index contributed by atoms with van der Waals surface area (Å²) in [5.41, 5.74) is 3.21. The van der Waals surface area contributed by atoms with E-state index in [9.17, 15) is 9.59 Å². The second kappa shape index (κ2) is 10.2. The maximum absolute atomic E-state index is 11.9. The van der Waals surface area contributed by atoms with Gasteiger partial charge in [0, 0.05) is 11.8 Å². The van der Waals surface area contributed by atoms with Crippen molar-refractivity contribution in [2.45, 2.75) is 20.3 Å². The van der Waals surface area contributed by atoms with Crippen molar-refractivity contribution in [2.75, 3.05) is 11.9 Å². The summed E-state index contributed by atoms with van der Waals surface area (Å²) in [7, 11) is 0. The van der Waals surface area contributed by atoms with Gasteiger partial charge in [-0.1, -0.05) is 36.8 Å². The van der Waals surface area contributed by atoms with Gasteiger partial charge < -0.3 is 10.1 Å². The molecule has 0 atom stereocenters. The number of carbonyl (C=O) groups is 2. The summed E-state index contributed by atoms with van der Waals surface area (Å²) in [5, 5.41) is 5.66. The molecule has 0 aromatic heterocycles. The number of nitrogens with one attached hydrogen (secondary N) is 2. The Morgan fingerprint density at radius 1 is 1.07 bits per heavy atom. The predicted octanol–water partition coefficient (Wildman–Crippen LogP) is 4.09. The Morgan fingerprint density at radius 3 is 2.37 bits per heavy atom. The zero-order chi connectivity index (χ0) is 19.6. The minimum Gasteiger partial charge on any atom is -0.462 e. The number of aryl methyl sites for hydroxylation is 1. The minimum absolute atomic E-state index is 0.176. The Hall–Kier alpha value is -2.99. The van der Waals surface area contributed by atoms with Crippen LogP contribution in [0.3, 0.4) is 0 Å². The Labute approximate surface area is 164 Å². The van der Waals surface area contributed by atoms with E-state index in [0.717, 1.165) is 17.5 Å². The molecule has 2 aromatic rings. The van der Waals surface area contributed by atoms with Crippen molar-refractivity contribution in [2.24, 2.45) is 0 Å². The summed E-state index contributed by atoms with van der Waals surface area (Å²) < 4.78 is 5.07. The molecular formula is C21H22N2O3S. The lowest BCUT2D eigenvalue weighted by Gasteiger charge is -2.09. The fourth-order valence-corrected chi connectivity index (χ4v) is 2.35. The third kappa shape index (κ3) is 7.03. The molecule has 2 aromatic carbocycles. The van der Waals surface area contributed by atoms with Gasteiger partial charge in [-0.3, -0.25) is 10.1 Å². The molecule has 1 amide bonds. The summed E-state index contributed by atoms with van der Waals surface area (Å²) in [6.07, 6.45) is 3.91. The summed E-state index contributed by atoms with van der Waals surface area (Å²) in [4.78, 5) is 23.7. The van der Waals surface area contributed by atoms with Crippen LogP contribution in [0.5, 0.6) is 0 Å². The molecule has 0 spiro atoms. The normalized spacial score (nSPS) is 10.4. The minimum atomic E-state index is -0.361. The van der Waals surface area contributed by atoms with Crippen molar-refractivity contribution >= 4 is 41.0 Å². The zero-order valence-electron chi connectivity index (χ0n) is 15.3. The molecule has 0 aliphatic carbocycles. The molecule has 0 saturated heterocycles. The largest absolute Gasteiger partial charge is 0.462 e. The third-order valence-corrected chi connectivity index (χ3v) is 3.76. The molecule has 0 unspecified atom stereocenters. The van der Waals surface area contributed by atoms with Crippen LogP contribution < -0.4 is 10.6 Å². The smallest absolute Gasteiger partial charge is 0.338 e. The maximum Gasteiger partial charge on any atom is 0.338 e. The van der Waals surface area contributed by atoms with Gasteiger partial charge in [-0.15, -0.1) is 0 Å². The maximum atomic E-state index is 11.9. The molecule has 27 heavy (non-hydrogen) atoms. The molecule has 0 aliphatic rings. The molecule has 2 N–H and O–H groups in total. The fraction of sp³-hybridized carbons (Fsp3) is 0.190. The lowest BCUT2D eigenvalue weighted by molar-refractivity contribution is -0.115. The molecule has 0 aliphatic heterocycles. The molecule has 0 heterocycles. The number of ether oxygens (including phenoxy) is 1. The number of anilines is 1. The average molecular weight is 382 g/mol. The van der Waals surface area contributed by atoms with E-state index in [4.69, 9.17) is 17.0 Å². The lowest BCUT2D eigenvalue weighted by atomic mass is 10.1. The van der Waals surface area contributed by atoms with E-state index in [2.05, 4.69) is 10.6 Å². The van der Waals surface area contributed by atoms with E-state index in [1.807, 2.05) is 38.1 Å². The quantitative estimate of drug-likeness (QED) is 0.447. The first-order valence-electron chi connectivity index (χ1n) is 8.62. The topological polar surface area (TPSA) is 67.4 Å². The molecule has 0 fully saturated rings. The van der Waals surface area contributed by atoms with Gasteiger partial charge in [0.25, 0.3) is 0 Å². The van der Waals surface area contributed by atoms with Crippen LogP contribution in [0.4, 0.5) is 5.69 Å². The average Bonchev–Trinajstić information content (AvgIpc) is 2.66. The van der Waals surface area contributed by atoms with Gasteiger partial charge in [0.2, 0.25) is 5.91 Å². The van der Waals surface area contributed by atoms with E-state index < -0.39 is 0 Å². The van der Waals surface area contributed by atoms with Crippen LogP contribution in [0.15, 0.2) is 54.6 Å². The van der Waals surface area contributed by atoms with E-state index >= 15 is 0 Å². The summed E-state index contributed by atoms with van der Waals surface area (Å²) in [5.74, 6) is -0.687. The highest BCUT2D eigenvalue weighted by Gasteiger charge is 2.07. The first-order chi connectivity index (χ1) is 13.0. The van der Waals surface area contributed by atoms with Gasteiger partial charge in [-0.25, -0.2) is 4.79 Å². The summed E-state index contributed by atoms with van der Waals surface area (Å²) >= 11 is 5.13. The van der Waals surface area contributed by atoms with Crippen LogP contribution in [0.1, 0.15) is 34.8 Å². The van der Waals surface area contributed by atoms with E-state index in [1.165, 1.54) is 6.08 Å². The molecule has 6 heteroatoms. The van der Waals surface area contributed by atoms with Crippen molar-refractivity contribution < 1.29 is 14.3 Å².